The Morgan fingerprint density at radius 2 is 2.07 bits per heavy atom. The van der Waals surface area contributed by atoms with Crippen LogP contribution in [0.3, 0.4) is 0 Å². The first-order valence-electron chi connectivity index (χ1n) is 5.20. The SMILES string of the molecule is C=CCn1c(=O)[nH]c2c(c1=O)CCCC2. The molecule has 1 aliphatic rings. The van der Waals surface area contributed by atoms with Crippen LogP contribution in [0.4, 0.5) is 0 Å². The van der Waals surface area contributed by atoms with E-state index in [9.17, 15) is 9.59 Å². The molecule has 0 saturated heterocycles. The van der Waals surface area contributed by atoms with Crippen molar-refractivity contribution in [3.05, 3.63) is 44.8 Å². The van der Waals surface area contributed by atoms with Crippen LogP contribution >= 0.6 is 0 Å². The van der Waals surface area contributed by atoms with Crippen LogP contribution < -0.4 is 11.2 Å². The summed E-state index contributed by atoms with van der Waals surface area (Å²) in [5, 5.41) is 0. The largest absolute Gasteiger partial charge is 0.328 e. The first kappa shape index (κ1) is 9.96. The first-order valence-corrected chi connectivity index (χ1v) is 5.20. The predicted octanol–water partition coefficient (Wildman–Crippen LogP) is 0.601. The minimum atomic E-state index is -0.319. The monoisotopic (exact) mass is 206 g/mol. The van der Waals surface area contributed by atoms with Crippen molar-refractivity contribution in [2.75, 3.05) is 0 Å². The van der Waals surface area contributed by atoms with Crippen LogP contribution in [-0.4, -0.2) is 9.55 Å². The third kappa shape index (κ3) is 1.67. The molecular formula is C11H14N2O2. The van der Waals surface area contributed by atoms with E-state index >= 15 is 0 Å². The highest BCUT2D eigenvalue weighted by atomic mass is 16.2. The normalized spacial score (nSPS) is 14.7. The molecule has 2 rings (SSSR count). The van der Waals surface area contributed by atoms with Crippen molar-refractivity contribution in [2.24, 2.45) is 0 Å². The zero-order valence-corrected chi connectivity index (χ0v) is 8.58. The Balaban J connectivity index is 2.64. The summed E-state index contributed by atoms with van der Waals surface area (Å²) in [7, 11) is 0. The molecule has 4 nitrogen and oxygen atoms in total. The molecule has 0 saturated carbocycles. The summed E-state index contributed by atoms with van der Waals surface area (Å²) >= 11 is 0. The molecule has 0 bridgehead atoms. The van der Waals surface area contributed by atoms with Crippen molar-refractivity contribution >= 4 is 0 Å². The number of hydrogen-bond donors (Lipinski definition) is 1. The summed E-state index contributed by atoms with van der Waals surface area (Å²) in [4.78, 5) is 26.3. The van der Waals surface area contributed by atoms with Crippen molar-refractivity contribution in [1.29, 1.82) is 0 Å². The zero-order valence-electron chi connectivity index (χ0n) is 8.58. The lowest BCUT2D eigenvalue weighted by molar-refractivity contribution is 0.611. The predicted molar refractivity (Wildman–Crippen MR) is 58.2 cm³/mol. The van der Waals surface area contributed by atoms with Gasteiger partial charge in [-0.3, -0.25) is 9.36 Å². The average Bonchev–Trinajstić information content (AvgIpc) is 2.24. The standard InChI is InChI=1S/C11H14N2O2/c1-2-7-13-10(14)8-5-3-4-6-9(8)12-11(13)15/h2H,1,3-7H2,(H,12,15). The fraction of sp³-hybridized carbons (Fsp3) is 0.455. The van der Waals surface area contributed by atoms with Gasteiger partial charge in [0.2, 0.25) is 0 Å². The Labute approximate surface area is 87.3 Å². The third-order valence-electron chi connectivity index (χ3n) is 2.79. The molecule has 0 unspecified atom stereocenters. The third-order valence-corrected chi connectivity index (χ3v) is 2.79. The average molecular weight is 206 g/mol. The second-order valence-electron chi connectivity index (χ2n) is 3.80. The van der Waals surface area contributed by atoms with Crippen LogP contribution in [0, 0.1) is 0 Å². The Bertz CT molecular complexity index is 496. The van der Waals surface area contributed by atoms with Gasteiger partial charge in [-0.15, -0.1) is 6.58 Å². The summed E-state index contributed by atoms with van der Waals surface area (Å²) in [6.45, 7) is 3.82. The number of hydrogen-bond acceptors (Lipinski definition) is 2. The molecule has 0 aliphatic heterocycles. The highest BCUT2D eigenvalue weighted by Crippen LogP contribution is 2.14. The van der Waals surface area contributed by atoms with Gasteiger partial charge in [-0.25, -0.2) is 4.79 Å². The van der Waals surface area contributed by atoms with Gasteiger partial charge in [0.25, 0.3) is 5.56 Å². The number of nitrogens with one attached hydrogen (secondary N) is 1. The number of aryl methyl sites for hydroxylation is 1. The molecule has 0 aromatic carbocycles. The number of H-pyrrole nitrogens is 1. The van der Waals surface area contributed by atoms with Gasteiger partial charge >= 0.3 is 5.69 Å². The minimum absolute atomic E-state index is 0.145. The Hall–Kier alpha value is -1.58. The maximum atomic E-state index is 11.9. The second-order valence-corrected chi connectivity index (χ2v) is 3.80. The minimum Gasteiger partial charge on any atom is -0.311 e. The topological polar surface area (TPSA) is 54.9 Å². The maximum absolute atomic E-state index is 11.9. The van der Waals surface area contributed by atoms with Gasteiger partial charge in [0.1, 0.15) is 0 Å². The van der Waals surface area contributed by atoms with Crippen molar-refractivity contribution < 1.29 is 0 Å². The molecule has 1 N–H and O–H groups in total. The van der Waals surface area contributed by atoms with Crippen LogP contribution in [0.15, 0.2) is 22.2 Å². The van der Waals surface area contributed by atoms with Crippen LogP contribution in [0.2, 0.25) is 0 Å². The molecule has 1 aromatic rings. The lowest BCUT2D eigenvalue weighted by Gasteiger charge is -2.15. The molecule has 0 amide bonds. The quantitative estimate of drug-likeness (QED) is 0.720. The van der Waals surface area contributed by atoms with Gasteiger partial charge in [0, 0.05) is 17.8 Å². The van der Waals surface area contributed by atoms with E-state index in [0.29, 0.717) is 0 Å². The first-order chi connectivity index (χ1) is 7.24. The number of fused-ring (bicyclic) bond motifs is 1. The summed E-state index contributed by atoms with van der Waals surface area (Å²) < 4.78 is 1.21. The van der Waals surface area contributed by atoms with Gasteiger partial charge in [0.15, 0.2) is 0 Å². The summed E-state index contributed by atoms with van der Waals surface area (Å²) in [6.07, 6.45) is 5.24. The van der Waals surface area contributed by atoms with Crippen molar-refractivity contribution in [2.45, 2.75) is 32.2 Å². The van der Waals surface area contributed by atoms with E-state index in [1.165, 1.54) is 4.57 Å². The van der Waals surface area contributed by atoms with Crippen molar-refractivity contribution in [3.8, 4) is 0 Å². The summed E-state index contributed by atoms with van der Waals surface area (Å²) in [5.74, 6) is 0. The number of rotatable bonds is 2. The van der Waals surface area contributed by atoms with Crippen molar-refractivity contribution in [3.63, 3.8) is 0 Å². The summed E-state index contributed by atoms with van der Waals surface area (Å²) in [5.41, 5.74) is 1.15. The van der Waals surface area contributed by atoms with E-state index in [1.807, 2.05) is 0 Å². The fourth-order valence-corrected chi connectivity index (χ4v) is 2.03. The van der Waals surface area contributed by atoms with E-state index < -0.39 is 0 Å². The molecule has 1 aromatic heterocycles. The Morgan fingerprint density at radius 1 is 1.33 bits per heavy atom. The van der Waals surface area contributed by atoms with Gasteiger partial charge in [-0.05, 0) is 25.7 Å². The smallest absolute Gasteiger partial charge is 0.311 e. The van der Waals surface area contributed by atoms with Gasteiger partial charge in [-0.2, -0.15) is 0 Å². The number of allylic oxidation sites excluding steroid dienone is 1. The van der Waals surface area contributed by atoms with E-state index in [-0.39, 0.29) is 17.8 Å². The summed E-state index contributed by atoms with van der Waals surface area (Å²) in [6, 6.07) is 0. The maximum Gasteiger partial charge on any atom is 0.328 e. The molecule has 0 atom stereocenters. The highest BCUT2D eigenvalue weighted by molar-refractivity contribution is 5.19. The molecule has 80 valence electrons. The van der Waals surface area contributed by atoms with Crippen molar-refractivity contribution in [1.82, 2.24) is 9.55 Å². The second kappa shape index (κ2) is 3.88. The van der Waals surface area contributed by atoms with E-state index in [1.54, 1.807) is 6.08 Å². The molecule has 1 heterocycles. The fourth-order valence-electron chi connectivity index (χ4n) is 2.03. The molecule has 1 aliphatic carbocycles. The number of nitrogens with zero attached hydrogens (tertiary/aromatic N) is 1. The van der Waals surface area contributed by atoms with Crippen LogP contribution in [0.1, 0.15) is 24.1 Å². The van der Waals surface area contributed by atoms with E-state index in [4.69, 9.17) is 0 Å². The number of aromatic nitrogens is 2. The van der Waals surface area contributed by atoms with Gasteiger partial charge < -0.3 is 4.98 Å². The van der Waals surface area contributed by atoms with Crippen LogP contribution in [0.5, 0.6) is 0 Å². The molecular weight excluding hydrogens is 192 g/mol. The Kier molecular flexibility index (Phi) is 2.58. The van der Waals surface area contributed by atoms with E-state index in [0.717, 1.165) is 36.9 Å². The molecule has 0 spiro atoms. The van der Waals surface area contributed by atoms with Gasteiger partial charge in [0.05, 0.1) is 0 Å². The lowest BCUT2D eigenvalue weighted by Crippen LogP contribution is -2.39. The Morgan fingerprint density at radius 3 is 2.80 bits per heavy atom. The molecule has 15 heavy (non-hydrogen) atoms. The zero-order chi connectivity index (χ0) is 10.8. The van der Waals surface area contributed by atoms with Crippen LogP contribution in [-0.2, 0) is 19.4 Å². The highest BCUT2D eigenvalue weighted by Gasteiger charge is 2.16. The van der Waals surface area contributed by atoms with E-state index in [2.05, 4.69) is 11.6 Å². The lowest BCUT2D eigenvalue weighted by atomic mass is 9.97. The van der Waals surface area contributed by atoms with Gasteiger partial charge in [-0.1, -0.05) is 6.08 Å². The molecule has 0 fully saturated rings. The van der Waals surface area contributed by atoms with Crippen LogP contribution in [0.25, 0.3) is 0 Å². The number of aromatic amines is 1. The molecule has 0 radical (unpaired) electrons. The molecule has 4 heteroatoms.